The number of likely N-dealkylation sites (N-methyl/N-ethyl adjacent to an activating group) is 1. The lowest BCUT2D eigenvalue weighted by Crippen LogP contribution is -2.27. The Morgan fingerprint density at radius 3 is 2.73 bits per heavy atom. The average Bonchev–Trinajstić information content (AvgIpc) is 2.74. The molecule has 1 saturated heterocycles. The average molecular weight is 224 g/mol. The van der Waals surface area contributed by atoms with Crippen molar-refractivity contribution in [3.63, 3.8) is 0 Å². The molecule has 2 unspecified atom stereocenters. The van der Waals surface area contributed by atoms with E-state index in [0.717, 1.165) is 6.42 Å². The van der Waals surface area contributed by atoms with Crippen LogP contribution in [-0.4, -0.2) is 23.9 Å². The third-order valence-corrected chi connectivity index (χ3v) is 3.88. The van der Waals surface area contributed by atoms with Gasteiger partial charge in [0, 0.05) is 16.8 Å². The van der Waals surface area contributed by atoms with Gasteiger partial charge >= 0.3 is 0 Å². The van der Waals surface area contributed by atoms with Crippen LogP contribution in [0.4, 0.5) is 0 Å². The third kappa shape index (κ3) is 1.79. The number of nitrogens with zero attached hydrogens (tertiary/aromatic N) is 1. The Morgan fingerprint density at radius 2 is 2.27 bits per heavy atom. The van der Waals surface area contributed by atoms with Crippen LogP contribution in [0.5, 0.6) is 0 Å². The Kier molecular flexibility index (Phi) is 2.80. The van der Waals surface area contributed by atoms with Gasteiger partial charge in [0.2, 0.25) is 5.91 Å². The fourth-order valence-electron chi connectivity index (χ4n) is 1.91. The minimum absolute atomic E-state index is 0.0117. The van der Waals surface area contributed by atoms with E-state index < -0.39 is 0 Å². The molecule has 1 amide bonds. The van der Waals surface area contributed by atoms with Crippen LogP contribution in [0.3, 0.4) is 0 Å². The van der Waals surface area contributed by atoms with Crippen LogP contribution in [0, 0.1) is 6.92 Å². The molecule has 1 aromatic heterocycles. The van der Waals surface area contributed by atoms with E-state index in [1.54, 1.807) is 16.2 Å². The lowest BCUT2D eigenvalue weighted by molar-refractivity contribution is -0.128. The van der Waals surface area contributed by atoms with Crippen molar-refractivity contribution in [2.75, 3.05) is 7.05 Å². The number of amides is 1. The number of hydrogen-bond acceptors (Lipinski definition) is 3. The quantitative estimate of drug-likeness (QED) is 0.832. The summed E-state index contributed by atoms with van der Waals surface area (Å²) >= 11 is 1.75. The number of rotatable bonds is 2. The minimum atomic E-state index is -0.0117. The minimum Gasteiger partial charge on any atom is -0.324 e. The van der Waals surface area contributed by atoms with Gasteiger partial charge in [-0.2, -0.15) is 0 Å². The SMILES string of the molecule is CCC1NC(c2ccc(C)s2)N(C)C1=O. The van der Waals surface area contributed by atoms with E-state index in [2.05, 4.69) is 24.4 Å². The molecule has 1 N–H and O–H groups in total. The van der Waals surface area contributed by atoms with E-state index in [9.17, 15) is 4.79 Å². The molecule has 1 aromatic rings. The van der Waals surface area contributed by atoms with Crippen molar-refractivity contribution in [3.05, 3.63) is 21.9 Å². The van der Waals surface area contributed by atoms with Gasteiger partial charge in [-0.1, -0.05) is 6.92 Å². The molecule has 4 heteroatoms. The van der Waals surface area contributed by atoms with Crippen molar-refractivity contribution in [2.45, 2.75) is 32.5 Å². The number of nitrogens with one attached hydrogen (secondary N) is 1. The molecule has 0 saturated carbocycles. The molecule has 0 bridgehead atoms. The monoisotopic (exact) mass is 224 g/mol. The van der Waals surface area contributed by atoms with Crippen molar-refractivity contribution in [3.8, 4) is 0 Å². The maximum Gasteiger partial charge on any atom is 0.241 e. The normalized spacial score (nSPS) is 26.3. The molecule has 15 heavy (non-hydrogen) atoms. The highest BCUT2D eigenvalue weighted by Crippen LogP contribution is 2.29. The summed E-state index contributed by atoms with van der Waals surface area (Å²) in [6.45, 7) is 4.12. The van der Waals surface area contributed by atoms with Crippen molar-refractivity contribution in [1.82, 2.24) is 10.2 Å². The Balaban J connectivity index is 2.21. The molecule has 1 aliphatic rings. The highest BCUT2D eigenvalue weighted by Gasteiger charge is 2.36. The topological polar surface area (TPSA) is 32.3 Å². The zero-order chi connectivity index (χ0) is 11.0. The van der Waals surface area contributed by atoms with Crippen molar-refractivity contribution >= 4 is 17.2 Å². The van der Waals surface area contributed by atoms with E-state index >= 15 is 0 Å². The highest BCUT2D eigenvalue weighted by atomic mass is 32.1. The number of carbonyl (C=O) groups is 1. The van der Waals surface area contributed by atoms with E-state index in [4.69, 9.17) is 0 Å². The Labute approximate surface area is 94.1 Å². The number of carbonyl (C=O) groups excluding carboxylic acids is 1. The maximum atomic E-state index is 11.8. The van der Waals surface area contributed by atoms with Crippen LogP contribution in [0.15, 0.2) is 12.1 Å². The van der Waals surface area contributed by atoms with Gasteiger partial charge < -0.3 is 4.90 Å². The van der Waals surface area contributed by atoms with Gasteiger partial charge in [0.05, 0.1) is 6.04 Å². The van der Waals surface area contributed by atoms with Crippen molar-refractivity contribution in [2.24, 2.45) is 0 Å². The van der Waals surface area contributed by atoms with E-state index in [0.29, 0.717) is 0 Å². The first-order valence-electron chi connectivity index (χ1n) is 5.22. The highest BCUT2D eigenvalue weighted by molar-refractivity contribution is 7.12. The Morgan fingerprint density at radius 1 is 1.53 bits per heavy atom. The smallest absolute Gasteiger partial charge is 0.241 e. The predicted octanol–water partition coefficient (Wildman–Crippen LogP) is 1.90. The van der Waals surface area contributed by atoms with Gasteiger partial charge in [0.1, 0.15) is 6.17 Å². The van der Waals surface area contributed by atoms with Crippen molar-refractivity contribution in [1.29, 1.82) is 0 Å². The number of hydrogen-bond donors (Lipinski definition) is 1. The zero-order valence-corrected chi connectivity index (χ0v) is 10.1. The van der Waals surface area contributed by atoms with Gasteiger partial charge in [0.25, 0.3) is 0 Å². The molecule has 0 radical (unpaired) electrons. The summed E-state index contributed by atoms with van der Waals surface area (Å²) in [7, 11) is 1.87. The van der Waals surface area contributed by atoms with Crippen LogP contribution in [-0.2, 0) is 4.79 Å². The first-order chi connectivity index (χ1) is 7.13. The molecular weight excluding hydrogens is 208 g/mol. The lowest BCUT2D eigenvalue weighted by atomic mass is 10.2. The van der Waals surface area contributed by atoms with Gasteiger partial charge in [-0.05, 0) is 25.5 Å². The summed E-state index contributed by atoms with van der Waals surface area (Å²) in [5.41, 5.74) is 0. The van der Waals surface area contributed by atoms with Crippen LogP contribution in [0.25, 0.3) is 0 Å². The summed E-state index contributed by atoms with van der Waals surface area (Å²) in [5, 5.41) is 3.36. The van der Waals surface area contributed by atoms with E-state index in [1.165, 1.54) is 9.75 Å². The lowest BCUT2D eigenvalue weighted by Gasteiger charge is -2.17. The second-order valence-corrected chi connectivity index (χ2v) is 5.25. The van der Waals surface area contributed by atoms with Crippen LogP contribution in [0.2, 0.25) is 0 Å². The molecule has 0 spiro atoms. The molecule has 0 aliphatic carbocycles. The summed E-state index contributed by atoms with van der Waals surface area (Å²) in [6, 6.07) is 4.18. The molecule has 2 atom stereocenters. The zero-order valence-electron chi connectivity index (χ0n) is 9.28. The second-order valence-electron chi connectivity index (χ2n) is 3.93. The number of aryl methyl sites for hydroxylation is 1. The van der Waals surface area contributed by atoms with E-state index in [1.807, 2.05) is 14.0 Å². The summed E-state index contributed by atoms with van der Waals surface area (Å²) < 4.78 is 0. The molecule has 2 rings (SSSR count). The maximum absolute atomic E-state index is 11.8. The van der Waals surface area contributed by atoms with Gasteiger partial charge in [-0.3, -0.25) is 10.1 Å². The van der Waals surface area contributed by atoms with Crippen molar-refractivity contribution < 1.29 is 4.79 Å². The standard InChI is InChI=1S/C11H16N2OS/c1-4-8-11(14)13(3)10(12-8)9-6-5-7(2)15-9/h5-6,8,10,12H,4H2,1-3H3. The molecule has 82 valence electrons. The molecule has 0 aromatic carbocycles. The Hall–Kier alpha value is -0.870. The molecule has 1 fully saturated rings. The third-order valence-electron chi connectivity index (χ3n) is 2.83. The van der Waals surface area contributed by atoms with Gasteiger partial charge in [-0.25, -0.2) is 0 Å². The largest absolute Gasteiger partial charge is 0.324 e. The van der Waals surface area contributed by atoms with Crippen LogP contribution < -0.4 is 5.32 Å². The second kappa shape index (κ2) is 3.94. The number of thiophene rings is 1. The van der Waals surface area contributed by atoms with Gasteiger partial charge in [-0.15, -0.1) is 11.3 Å². The first-order valence-corrected chi connectivity index (χ1v) is 6.04. The van der Waals surface area contributed by atoms with Crippen LogP contribution in [0.1, 0.15) is 29.3 Å². The predicted molar refractivity (Wildman–Crippen MR) is 61.8 cm³/mol. The van der Waals surface area contributed by atoms with Gasteiger partial charge in [0.15, 0.2) is 0 Å². The first kappa shape index (κ1) is 10.6. The summed E-state index contributed by atoms with van der Waals surface area (Å²) in [5.74, 6) is 0.202. The van der Waals surface area contributed by atoms with E-state index in [-0.39, 0.29) is 18.1 Å². The molecular formula is C11H16N2OS. The summed E-state index contributed by atoms with van der Waals surface area (Å²) in [6.07, 6.45) is 0.922. The molecule has 1 aliphatic heterocycles. The fourth-order valence-corrected chi connectivity index (χ4v) is 2.89. The molecule has 3 nitrogen and oxygen atoms in total. The fraction of sp³-hybridized carbons (Fsp3) is 0.545. The van der Waals surface area contributed by atoms with Crippen LogP contribution >= 0.6 is 11.3 Å². The summed E-state index contributed by atoms with van der Waals surface area (Å²) in [4.78, 5) is 16.1. The Bertz CT molecular complexity index is 374. The molecule has 2 heterocycles.